The van der Waals surface area contributed by atoms with E-state index in [0.717, 1.165) is 0 Å². The molecule has 0 fully saturated rings. The number of anilines is 3. The van der Waals surface area contributed by atoms with Crippen molar-refractivity contribution in [2.24, 2.45) is 0 Å². The molecule has 0 spiro atoms. The van der Waals surface area contributed by atoms with E-state index in [2.05, 4.69) is 25.5 Å². The Morgan fingerprint density at radius 2 is 2.00 bits per heavy atom. The summed E-state index contributed by atoms with van der Waals surface area (Å²) < 4.78 is 43.9. The molecule has 0 aliphatic rings. The number of aromatic nitrogens is 4. The fraction of sp³-hybridized carbons (Fsp3) is 0.150. The quantitative estimate of drug-likeness (QED) is 0.414. The zero-order valence-corrected chi connectivity index (χ0v) is 17.5. The van der Waals surface area contributed by atoms with Crippen LogP contribution in [0.25, 0.3) is 22.0 Å². The number of rotatable bonds is 6. The highest BCUT2D eigenvalue weighted by molar-refractivity contribution is 7.91. The van der Waals surface area contributed by atoms with Gasteiger partial charge < -0.3 is 15.8 Å². The van der Waals surface area contributed by atoms with E-state index in [9.17, 15) is 12.8 Å². The third kappa shape index (κ3) is 3.99. The molecule has 0 amide bonds. The minimum absolute atomic E-state index is 0.00145. The van der Waals surface area contributed by atoms with E-state index in [1.807, 2.05) is 0 Å². The first-order valence-electron chi connectivity index (χ1n) is 9.26. The number of nitrogen functional groups attached to an aromatic ring is 1. The topological polar surface area (TPSA) is 136 Å². The van der Waals surface area contributed by atoms with E-state index < -0.39 is 15.7 Å². The number of hydrogen-bond donors (Lipinski definition) is 3. The average Bonchev–Trinajstić information content (AvgIpc) is 3.15. The molecular formula is C20H19FN6O3S. The first kappa shape index (κ1) is 20.5. The lowest BCUT2D eigenvalue weighted by Crippen LogP contribution is -2.06. The van der Waals surface area contributed by atoms with Crippen molar-refractivity contribution in [1.82, 2.24) is 20.2 Å². The van der Waals surface area contributed by atoms with E-state index in [1.165, 1.54) is 37.6 Å². The SMILES string of the molecule is CCS(=O)(=O)c1cc(OC)cc(-c2cnc(N)nc2Nc2n[nH]c3ccc(F)cc23)c1. The van der Waals surface area contributed by atoms with Crippen LogP contribution in [0.3, 0.4) is 0 Å². The van der Waals surface area contributed by atoms with Crippen molar-refractivity contribution in [3.05, 3.63) is 48.4 Å². The van der Waals surface area contributed by atoms with Crippen LogP contribution in [0.15, 0.2) is 47.5 Å². The number of halogens is 1. The molecule has 2 heterocycles. The van der Waals surface area contributed by atoms with Crippen LogP contribution < -0.4 is 15.8 Å². The average molecular weight is 442 g/mol. The summed E-state index contributed by atoms with van der Waals surface area (Å²) in [6.45, 7) is 1.57. The molecule has 0 radical (unpaired) electrons. The number of benzene rings is 2. The number of fused-ring (bicyclic) bond motifs is 1. The lowest BCUT2D eigenvalue weighted by atomic mass is 10.1. The van der Waals surface area contributed by atoms with Crippen molar-refractivity contribution >= 4 is 38.3 Å². The third-order valence-electron chi connectivity index (χ3n) is 4.73. The Balaban J connectivity index is 1.86. The Morgan fingerprint density at radius 1 is 1.19 bits per heavy atom. The standard InChI is InChI=1S/C20H19FN6O3S/c1-3-31(28,29)14-7-11(6-13(9-14)30-2)16-10-23-20(22)25-18(16)24-19-15-8-12(21)4-5-17(15)26-27-19/h4-10H,3H2,1-2H3,(H4,22,23,24,25,26,27). The Labute approximate surface area is 177 Å². The molecule has 0 aliphatic carbocycles. The lowest BCUT2D eigenvalue weighted by Gasteiger charge is -2.13. The molecule has 160 valence electrons. The van der Waals surface area contributed by atoms with E-state index in [-0.39, 0.29) is 22.4 Å². The predicted octanol–water partition coefficient (Wildman–Crippen LogP) is 3.29. The summed E-state index contributed by atoms with van der Waals surface area (Å²) in [7, 11) is -2.04. The van der Waals surface area contributed by atoms with Crippen LogP contribution in [0.1, 0.15) is 6.92 Å². The first-order valence-corrected chi connectivity index (χ1v) is 10.9. The Hall–Kier alpha value is -3.73. The molecule has 0 saturated heterocycles. The molecule has 2 aromatic heterocycles. The van der Waals surface area contributed by atoms with Gasteiger partial charge in [0.15, 0.2) is 15.7 Å². The van der Waals surface area contributed by atoms with Crippen molar-refractivity contribution < 1.29 is 17.5 Å². The van der Waals surface area contributed by atoms with Gasteiger partial charge >= 0.3 is 0 Å². The number of nitrogens with two attached hydrogens (primary N) is 1. The molecule has 0 atom stereocenters. The summed E-state index contributed by atoms with van der Waals surface area (Å²) in [6, 6.07) is 8.87. The van der Waals surface area contributed by atoms with Crippen molar-refractivity contribution in [1.29, 1.82) is 0 Å². The fourth-order valence-electron chi connectivity index (χ4n) is 3.09. The molecule has 0 unspecified atom stereocenters. The van der Waals surface area contributed by atoms with Gasteiger partial charge in [-0.15, -0.1) is 0 Å². The molecule has 4 N–H and O–H groups in total. The minimum atomic E-state index is -3.49. The Kier molecular flexibility index (Phi) is 5.19. The van der Waals surface area contributed by atoms with Crippen molar-refractivity contribution in [3.63, 3.8) is 0 Å². The number of ether oxygens (including phenoxy) is 1. The molecular weight excluding hydrogens is 423 g/mol. The molecule has 31 heavy (non-hydrogen) atoms. The summed E-state index contributed by atoms with van der Waals surface area (Å²) in [5, 5.41) is 10.5. The molecule has 0 saturated carbocycles. The van der Waals surface area contributed by atoms with Crippen LogP contribution in [-0.2, 0) is 9.84 Å². The van der Waals surface area contributed by atoms with Crippen LogP contribution in [-0.4, -0.2) is 41.4 Å². The van der Waals surface area contributed by atoms with Gasteiger partial charge in [-0.1, -0.05) is 6.92 Å². The summed E-state index contributed by atoms with van der Waals surface area (Å²) >= 11 is 0. The van der Waals surface area contributed by atoms with Gasteiger partial charge in [-0.3, -0.25) is 5.10 Å². The second-order valence-electron chi connectivity index (χ2n) is 6.68. The van der Waals surface area contributed by atoms with Crippen molar-refractivity contribution in [2.75, 3.05) is 23.9 Å². The molecule has 4 rings (SSSR count). The van der Waals surface area contributed by atoms with Crippen LogP contribution in [0.2, 0.25) is 0 Å². The number of aromatic amines is 1. The lowest BCUT2D eigenvalue weighted by molar-refractivity contribution is 0.413. The highest BCUT2D eigenvalue weighted by Gasteiger charge is 2.18. The number of nitrogens with zero attached hydrogens (tertiary/aromatic N) is 3. The van der Waals surface area contributed by atoms with Gasteiger partial charge in [0, 0.05) is 17.1 Å². The number of H-pyrrole nitrogens is 1. The van der Waals surface area contributed by atoms with Gasteiger partial charge in [0.1, 0.15) is 17.4 Å². The summed E-state index contributed by atoms with van der Waals surface area (Å²) in [4.78, 5) is 8.39. The van der Waals surface area contributed by atoms with Crippen molar-refractivity contribution in [2.45, 2.75) is 11.8 Å². The molecule has 0 bridgehead atoms. The second kappa shape index (κ2) is 7.84. The number of nitrogens with one attached hydrogen (secondary N) is 2. The molecule has 2 aromatic carbocycles. The van der Waals surface area contributed by atoms with Gasteiger partial charge in [0.05, 0.1) is 23.3 Å². The highest BCUT2D eigenvalue weighted by Crippen LogP contribution is 2.34. The summed E-state index contributed by atoms with van der Waals surface area (Å²) in [5.41, 5.74) is 7.37. The minimum Gasteiger partial charge on any atom is -0.497 e. The van der Waals surface area contributed by atoms with Crippen molar-refractivity contribution in [3.8, 4) is 16.9 Å². The number of sulfone groups is 1. The molecule has 9 nitrogen and oxygen atoms in total. The predicted molar refractivity (Wildman–Crippen MR) is 115 cm³/mol. The third-order valence-corrected chi connectivity index (χ3v) is 6.45. The Bertz CT molecular complexity index is 1390. The fourth-order valence-corrected chi connectivity index (χ4v) is 4.02. The first-order chi connectivity index (χ1) is 14.8. The van der Waals surface area contributed by atoms with Gasteiger partial charge in [0.2, 0.25) is 5.95 Å². The van der Waals surface area contributed by atoms with Gasteiger partial charge in [-0.2, -0.15) is 10.1 Å². The zero-order chi connectivity index (χ0) is 22.2. The maximum Gasteiger partial charge on any atom is 0.221 e. The van der Waals surface area contributed by atoms with E-state index in [0.29, 0.717) is 33.6 Å². The van der Waals surface area contributed by atoms with Gasteiger partial charge in [-0.05, 0) is 42.0 Å². The maximum atomic E-state index is 13.7. The van der Waals surface area contributed by atoms with Crippen LogP contribution >= 0.6 is 0 Å². The molecule has 0 aliphatic heterocycles. The largest absolute Gasteiger partial charge is 0.497 e. The number of methoxy groups -OCH3 is 1. The maximum absolute atomic E-state index is 13.7. The second-order valence-corrected chi connectivity index (χ2v) is 8.96. The smallest absolute Gasteiger partial charge is 0.221 e. The van der Waals surface area contributed by atoms with Crippen LogP contribution in [0, 0.1) is 5.82 Å². The molecule has 4 aromatic rings. The number of hydrogen-bond acceptors (Lipinski definition) is 8. The summed E-state index contributed by atoms with van der Waals surface area (Å²) in [6.07, 6.45) is 1.47. The van der Waals surface area contributed by atoms with E-state index >= 15 is 0 Å². The highest BCUT2D eigenvalue weighted by atomic mass is 32.2. The zero-order valence-electron chi connectivity index (χ0n) is 16.7. The van der Waals surface area contributed by atoms with Gasteiger partial charge in [0.25, 0.3) is 0 Å². The summed E-state index contributed by atoms with van der Waals surface area (Å²) in [5.74, 6) is 0.493. The van der Waals surface area contributed by atoms with Gasteiger partial charge in [-0.25, -0.2) is 17.8 Å². The monoisotopic (exact) mass is 442 g/mol. The van der Waals surface area contributed by atoms with E-state index in [1.54, 1.807) is 19.1 Å². The van der Waals surface area contributed by atoms with Crippen LogP contribution in [0.4, 0.5) is 22.0 Å². The Morgan fingerprint density at radius 3 is 2.74 bits per heavy atom. The van der Waals surface area contributed by atoms with E-state index in [4.69, 9.17) is 10.5 Å². The normalized spacial score (nSPS) is 11.6. The molecule has 11 heteroatoms. The van der Waals surface area contributed by atoms with Crippen LogP contribution in [0.5, 0.6) is 5.75 Å².